The van der Waals surface area contributed by atoms with Gasteiger partial charge in [0, 0.05) is 0 Å². The van der Waals surface area contributed by atoms with E-state index in [0.29, 0.717) is 0 Å². The maximum absolute atomic E-state index is 8.00. The Morgan fingerprint density at radius 1 is 0.389 bits per heavy atom. The Morgan fingerprint density at radius 3 is 1.03 bits per heavy atom. The largest absolute Gasteiger partial charge is 0.457 e. The molecule has 4 aromatic carbocycles. The maximum atomic E-state index is 8.00. The minimum atomic E-state index is 0.874. The monoisotopic (exact) mass is 482 g/mol. The Morgan fingerprint density at radius 2 is 0.694 bits per heavy atom. The van der Waals surface area contributed by atoms with Gasteiger partial charge in [-0.2, -0.15) is 0 Å². The Bertz CT molecular complexity index is 988. The van der Waals surface area contributed by atoms with Gasteiger partial charge in [0.1, 0.15) is 36.6 Å². The molecule has 186 valence electrons. The van der Waals surface area contributed by atoms with E-state index in [-0.39, 0.29) is 0 Å². The Balaban J connectivity index is 0.00000109. The second-order valence-electron chi connectivity index (χ2n) is 8.03. The average molecular weight is 483 g/mol. The van der Waals surface area contributed by atoms with Crippen molar-refractivity contribution in [2.45, 2.75) is 38.5 Å². The van der Waals surface area contributed by atoms with Crippen LogP contribution in [0.25, 0.3) is 0 Å². The van der Waals surface area contributed by atoms with Gasteiger partial charge in [0.2, 0.25) is 0 Å². The highest BCUT2D eigenvalue weighted by Gasteiger charge is 2.00. The van der Waals surface area contributed by atoms with Gasteiger partial charge in [-0.05, 0) is 85.3 Å². The van der Waals surface area contributed by atoms with Crippen LogP contribution in [0.2, 0.25) is 0 Å². The number of benzene rings is 4. The number of rotatable bonds is 11. The number of unbranched alkanes of at least 4 members (excludes halogenated alkanes) is 3. The van der Waals surface area contributed by atoms with Crippen molar-refractivity contribution in [3.8, 4) is 23.0 Å². The fraction of sp³-hybridized carbons (Fsp3) is 0.188. The molecule has 0 amide bonds. The van der Waals surface area contributed by atoms with E-state index in [1.165, 1.54) is 36.8 Å². The lowest BCUT2D eigenvalue weighted by molar-refractivity contribution is -0.0987. The SMILES string of the molecule is C=O.C=O.c1ccc(Oc2ccc(CCCCCCc3ccc(Oc4ccccc4)cc3)cc2)cc1. The van der Waals surface area contributed by atoms with Crippen molar-refractivity contribution in [3.05, 3.63) is 120 Å². The van der Waals surface area contributed by atoms with E-state index in [0.717, 1.165) is 35.8 Å². The first-order valence-corrected chi connectivity index (χ1v) is 12.1. The zero-order valence-electron chi connectivity index (χ0n) is 20.7. The summed E-state index contributed by atoms with van der Waals surface area (Å²) in [5.74, 6) is 3.53. The lowest BCUT2D eigenvalue weighted by atomic mass is 10.0. The molecule has 0 unspecified atom stereocenters. The molecule has 4 heteroatoms. The number of hydrogen-bond acceptors (Lipinski definition) is 4. The van der Waals surface area contributed by atoms with E-state index in [4.69, 9.17) is 19.1 Å². The highest BCUT2D eigenvalue weighted by atomic mass is 16.5. The van der Waals surface area contributed by atoms with Crippen molar-refractivity contribution < 1.29 is 19.1 Å². The quantitative estimate of drug-likeness (QED) is 0.202. The van der Waals surface area contributed by atoms with Crippen LogP contribution < -0.4 is 9.47 Å². The van der Waals surface area contributed by atoms with Gasteiger partial charge in [-0.25, -0.2) is 0 Å². The summed E-state index contributed by atoms with van der Waals surface area (Å²) in [7, 11) is 0. The molecular formula is C32H34O4. The van der Waals surface area contributed by atoms with Gasteiger partial charge in [0.15, 0.2) is 0 Å². The van der Waals surface area contributed by atoms with Crippen molar-refractivity contribution in [2.75, 3.05) is 0 Å². The molecule has 0 aliphatic carbocycles. The molecule has 4 nitrogen and oxygen atoms in total. The van der Waals surface area contributed by atoms with E-state index >= 15 is 0 Å². The maximum Gasteiger partial charge on any atom is 0.127 e. The van der Waals surface area contributed by atoms with Crippen molar-refractivity contribution in [3.63, 3.8) is 0 Å². The summed E-state index contributed by atoms with van der Waals surface area (Å²) >= 11 is 0. The number of para-hydroxylation sites is 2. The zero-order chi connectivity index (χ0) is 25.8. The molecule has 0 atom stereocenters. The van der Waals surface area contributed by atoms with Crippen LogP contribution in [0.1, 0.15) is 36.8 Å². The number of carbonyl (C=O) groups excluding carboxylic acids is 2. The molecule has 0 aliphatic rings. The standard InChI is InChI=1S/C30H30O2.2CH2O/c1(5-11-25-17-21-29(22-18-25)31-27-13-7-3-8-14-27)2-6-12-26-19-23-30(24-20-26)32-28-15-9-4-10-16-28;2*1-2/h3-4,7-10,13-24H,1-2,5-6,11-12H2;2*1H2. The minimum Gasteiger partial charge on any atom is -0.457 e. The van der Waals surface area contributed by atoms with Crippen LogP contribution in [0.3, 0.4) is 0 Å². The van der Waals surface area contributed by atoms with Crippen molar-refractivity contribution in [1.29, 1.82) is 0 Å². The van der Waals surface area contributed by atoms with Crippen LogP contribution >= 0.6 is 0 Å². The fourth-order valence-electron chi connectivity index (χ4n) is 3.71. The van der Waals surface area contributed by atoms with Crippen molar-refractivity contribution in [2.24, 2.45) is 0 Å². The molecular weight excluding hydrogens is 448 g/mol. The summed E-state index contributed by atoms with van der Waals surface area (Å²) in [6.45, 7) is 4.00. The predicted octanol–water partition coefficient (Wildman–Crippen LogP) is 8.25. The molecule has 0 aromatic heterocycles. The number of hydrogen-bond donors (Lipinski definition) is 0. The third kappa shape index (κ3) is 10.4. The van der Waals surface area contributed by atoms with Crippen LogP contribution in [0, 0.1) is 0 Å². The third-order valence-electron chi connectivity index (χ3n) is 5.49. The van der Waals surface area contributed by atoms with Gasteiger partial charge in [-0.3, -0.25) is 0 Å². The first-order chi connectivity index (χ1) is 17.8. The Hall–Kier alpha value is -4.18. The summed E-state index contributed by atoms with van der Waals surface area (Å²) in [6, 6.07) is 36.8. The Kier molecular flexibility index (Phi) is 13.5. The molecule has 4 rings (SSSR count). The highest BCUT2D eigenvalue weighted by Crippen LogP contribution is 2.23. The topological polar surface area (TPSA) is 52.6 Å². The summed E-state index contributed by atoms with van der Waals surface area (Å²) in [4.78, 5) is 16.0. The van der Waals surface area contributed by atoms with Crippen LogP contribution in [0.5, 0.6) is 23.0 Å². The molecule has 0 aliphatic heterocycles. The second-order valence-corrected chi connectivity index (χ2v) is 8.03. The molecule has 0 fully saturated rings. The lowest BCUT2D eigenvalue weighted by Crippen LogP contribution is -1.90. The van der Waals surface area contributed by atoms with Gasteiger partial charge in [-0.1, -0.05) is 73.5 Å². The smallest absolute Gasteiger partial charge is 0.127 e. The first kappa shape index (κ1) is 28.1. The van der Waals surface area contributed by atoms with E-state index in [1.807, 2.05) is 74.2 Å². The number of carbonyl (C=O) groups is 2. The van der Waals surface area contributed by atoms with Crippen LogP contribution in [-0.2, 0) is 22.4 Å². The molecule has 0 heterocycles. The lowest BCUT2D eigenvalue weighted by Gasteiger charge is -2.08. The number of aryl methyl sites for hydroxylation is 2. The summed E-state index contributed by atoms with van der Waals surface area (Å²) in [5.41, 5.74) is 2.75. The predicted molar refractivity (Wildman–Crippen MR) is 146 cm³/mol. The van der Waals surface area contributed by atoms with Crippen molar-refractivity contribution >= 4 is 13.6 Å². The Labute approximate surface area is 214 Å². The average Bonchev–Trinajstić information content (AvgIpc) is 2.96. The summed E-state index contributed by atoms with van der Waals surface area (Å²) in [6.07, 6.45) is 7.22. The van der Waals surface area contributed by atoms with E-state index in [1.54, 1.807) is 0 Å². The molecule has 0 saturated heterocycles. The van der Waals surface area contributed by atoms with Crippen LogP contribution in [-0.4, -0.2) is 13.6 Å². The van der Waals surface area contributed by atoms with Gasteiger partial charge < -0.3 is 19.1 Å². The normalized spacial score (nSPS) is 9.67. The molecule has 36 heavy (non-hydrogen) atoms. The van der Waals surface area contributed by atoms with E-state index in [2.05, 4.69) is 48.5 Å². The molecule has 0 N–H and O–H groups in total. The van der Waals surface area contributed by atoms with E-state index < -0.39 is 0 Å². The summed E-state index contributed by atoms with van der Waals surface area (Å²) in [5, 5.41) is 0. The summed E-state index contributed by atoms with van der Waals surface area (Å²) < 4.78 is 11.7. The van der Waals surface area contributed by atoms with Gasteiger partial charge >= 0.3 is 0 Å². The van der Waals surface area contributed by atoms with Crippen molar-refractivity contribution in [1.82, 2.24) is 0 Å². The second kappa shape index (κ2) is 17.3. The van der Waals surface area contributed by atoms with Gasteiger partial charge in [-0.15, -0.1) is 0 Å². The molecule has 0 spiro atoms. The molecule has 0 bridgehead atoms. The first-order valence-electron chi connectivity index (χ1n) is 12.1. The third-order valence-corrected chi connectivity index (χ3v) is 5.49. The van der Waals surface area contributed by atoms with Crippen LogP contribution in [0.4, 0.5) is 0 Å². The van der Waals surface area contributed by atoms with E-state index in [9.17, 15) is 0 Å². The molecule has 0 saturated carbocycles. The van der Waals surface area contributed by atoms with Crippen LogP contribution in [0.15, 0.2) is 109 Å². The highest BCUT2D eigenvalue weighted by molar-refractivity contribution is 5.34. The number of ether oxygens (including phenoxy) is 2. The molecule has 0 radical (unpaired) electrons. The fourth-order valence-corrected chi connectivity index (χ4v) is 3.71. The minimum absolute atomic E-state index is 0.874. The van der Waals surface area contributed by atoms with Gasteiger partial charge in [0.25, 0.3) is 0 Å². The zero-order valence-corrected chi connectivity index (χ0v) is 20.7. The molecule has 4 aromatic rings. The van der Waals surface area contributed by atoms with Gasteiger partial charge in [0.05, 0.1) is 0 Å².